The second-order valence-electron chi connectivity index (χ2n) is 2.22. The first-order valence-electron chi connectivity index (χ1n) is 3.43. The summed E-state index contributed by atoms with van der Waals surface area (Å²) in [6.07, 6.45) is 0.229. The van der Waals surface area contributed by atoms with E-state index in [0.717, 1.165) is 0 Å². The van der Waals surface area contributed by atoms with Gasteiger partial charge in [-0.15, -0.1) is 0 Å². The molecular weight excluding hydrogens is 148 g/mol. The van der Waals surface area contributed by atoms with Gasteiger partial charge in [0.1, 0.15) is 12.3 Å². The largest absolute Gasteiger partial charge is 0.480 e. The smallest absolute Gasteiger partial charge is 0.322 e. The summed E-state index contributed by atoms with van der Waals surface area (Å²) in [5, 5.41) is 8.32. The second-order valence-corrected chi connectivity index (χ2v) is 2.22. The summed E-state index contributed by atoms with van der Waals surface area (Å²) in [7, 11) is 0. The van der Waals surface area contributed by atoms with Gasteiger partial charge in [0.2, 0.25) is 0 Å². The van der Waals surface area contributed by atoms with Crippen LogP contribution in [-0.4, -0.2) is 30.0 Å². The summed E-state index contributed by atoms with van der Waals surface area (Å²) in [5.74, 6) is -1.08. The van der Waals surface area contributed by atoms with Crippen LogP contribution in [0.4, 0.5) is 0 Å². The third-order valence-corrected chi connectivity index (χ3v) is 1.21. The molecule has 0 aromatic rings. The van der Waals surface area contributed by atoms with E-state index in [-0.39, 0.29) is 6.61 Å². The molecule has 0 fully saturated rings. The number of nitrogens with two attached hydrogens (primary N) is 2. The highest BCUT2D eigenvalue weighted by Crippen LogP contribution is 1.90. The third kappa shape index (κ3) is 4.72. The zero-order valence-electron chi connectivity index (χ0n) is 6.49. The van der Waals surface area contributed by atoms with Crippen LogP contribution in [0.1, 0.15) is 13.3 Å². The molecule has 0 aliphatic heterocycles. The molecule has 0 saturated heterocycles. The SMILES string of the molecule is CCC(N)OCC(N)C(=O)O. The maximum Gasteiger partial charge on any atom is 0.322 e. The van der Waals surface area contributed by atoms with Gasteiger partial charge in [-0.3, -0.25) is 4.79 Å². The van der Waals surface area contributed by atoms with E-state index < -0.39 is 18.2 Å². The Bertz CT molecular complexity index is 129. The van der Waals surface area contributed by atoms with Gasteiger partial charge in [0, 0.05) is 0 Å². The van der Waals surface area contributed by atoms with Crippen LogP contribution in [0.15, 0.2) is 0 Å². The average molecular weight is 162 g/mol. The highest BCUT2D eigenvalue weighted by Gasteiger charge is 2.12. The maximum absolute atomic E-state index is 10.2. The molecule has 0 saturated carbocycles. The molecule has 0 aliphatic carbocycles. The van der Waals surface area contributed by atoms with Gasteiger partial charge in [0.15, 0.2) is 0 Å². The number of hydrogen-bond donors (Lipinski definition) is 3. The lowest BCUT2D eigenvalue weighted by atomic mass is 10.3. The van der Waals surface area contributed by atoms with Crippen molar-refractivity contribution in [2.24, 2.45) is 11.5 Å². The molecule has 66 valence electrons. The van der Waals surface area contributed by atoms with Crippen molar-refractivity contribution in [3.05, 3.63) is 0 Å². The Balaban J connectivity index is 3.45. The van der Waals surface area contributed by atoms with E-state index in [1.807, 2.05) is 6.92 Å². The predicted octanol–water partition coefficient (Wildman–Crippen LogP) is -0.890. The Hall–Kier alpha value is -0.650. The molecule has 0 aliphatic rings. The van der Waals surface area contributed by atoms with Crippen LogP contribution in [0.3, 0.4) is 0 Å². The molecule has 5 heteroatoms. The van der Waals surface area contributed by atoms with Crippen molar-refractivity contribution in [3.8, 4) is 0 Å². The van der Waals surface area contributed by atoms with Crippen LogP contribution in [0.2, 0.25) is 0 Å². The van der Waals surface area contributed by atoms with Gasteiger partial charge in [0.25, 0.3) is 0 Å². The van der Waals surface area contributed by atoms with Crippen molar-refractivity contribution in [1.29, 1.82) is 0 Å². The first-order valence-corrected chi connectivity index (χ1v) is 3.43. The van der Waals surface area contributed by atoms with Crippen LogP contribution in [0.5, 0.6) is 0 Å². The number of carboxylic acid groups (broad SMARTS) is 1. The number of aliphatic carboxylic acids is 1. The third-order valence-electron chi connectivity index (χ3n) is 1.21. The van der Waals surface area contributed by atoms with Crippen LogP contribution in [0.25, 0.3) is 0 Å². The fraction of sp³-hybridized carbons (Fsp3) is 0.833. The minimum absolute atomic E-state index is 0.0374. The van der Waals surface area contributed by atoms with E-state index >= 15 is 0 Å². The molecule has 5 nitrogen and oxygen atoms in total. The number of rotatable bonds is 5. The monoisotopic (exact) mass is 162 g/mol. The van der Waals surface area contributed by atoms with Crippen molar-refractivity contribution in [2.45, 2.75) is 25.6 Å². The van der Waals surface area contributed by atoms with Gasteiger partial charge >= 0.3 is 5.97 Å². The van der Waals surface area contributed by atoms with E-state index in [1.54, 1.807) is 0 Å². The number of hydrogen-bond acceptors (Lipinski definition) is 4. The Morgan fingerprint density at radius 1 is 1.64 bits per heavy atom. The molecule has 0 aromatic heterocycles. The highest BCUT2D eigenvalue weighted by molar-refractivity contribution is 5.73. The van der Waals surface area contributed by atoms with Gasteiger partial charge in [-0.05, 0) is 6.42 Å². The van der Waals surface area contributed by atoms with Gasteiger partial charge in [0.05, 0.1) is 6.61 Å². The summed E-state index contributed by atoms with van der Waals surface area (Å²) in [6.45, 7) is 1.81. The minimum atomic E-state index is -1.08. The molecule has 2 unspecified atom stereocenters. The fourth-order valence-electron chi connectivity index (χ4n) is 0.416. The lowest BCUT2D eigenvalue weighted by Crippen LogP contribution is -2.38. The molecule has 0 aromatic carbocycles. The Morgan fingerprint density at radius 3 is 2.55 bits per heavy atom. The molecule has 0 bridgehead atoms. The standard InChI is InChI=1S/C6H14N2O3/c1-2-5(8)11-3-4(7)6(9)10/h4-5H,2-3,7-8H2,1H3,(H,9,10). The van der Waals surface area contributed by atoms with E-state index in [1.165, 1.54) is 0 Å². The molecule has 11 heavy (non-hydrogen) atoms. The van der Waals surface area contributed by atoms with Crippen molar-refractivity contribution < 1.29 is 14.6 Å². The quantitative estimate of drug-likeness (QED) is 0.455. The molecule has 0 amide bonds. The molecule has 2 atom stereocenters. The average Bonchev–Trinajstić information content (AvgIpc) is 1.99. The molecule has 0 spiro atoms. The van der Waals surface area contributed by atoms with E-state index in [4.69, 9.17) is 21.3 Å². The molecule has 0 heterocycles. The summed E-state index contributed by atoms with van der Waals surface area (Å²) >= 11 is 0. The van der Waals surface area contributed by atoms with Crippen molar-refractivity contribution in [2.75, 3.05) is 6.61 Å². The van der Waals surface area contributed by atoms with Gasteiger partial charge in [-0.2, -0.15) is 0 Å². The Kier molecular flexibility index (Phi) is 4.76. The van der Waals surface area contributed by atoms with Gasteiger partial charge in [-0.25, -0.2) is 0 Å². The summed E-state index contributed by atoms with van der Waals surface area (Å²) in [6, 6.07) is -0.979. The molecular formula is C6H14N2O3. The Morgan fingerprint density at radius 2 is 2.18 bits per heavy atom. The van der Waals surface area contributed by atoms with Crippen LogP contribution in [-0.2, 0) is 9.53 Å². The van der Waals surface area contributed by atoms with Crippen molar-refractivity contribution in [3.63, 3.8) is 0 Å². The number of carboxylic acids is 1. The van der Waals surface area contributed by atoms with Crippen LogP contribution < -0.4 is 11.5 Å². The van der Waals surface area contributed by atoms with E-state index in [9.17, 15) is 4.79 Å². The lowest BCUT2D eigenvalue weighted by Gasteiger charge is -2.12. The number of ether oxygens (including phenoxy) is 1. The van der Waals surface area contributed by atoms with Gasteiger partial charge < -0.3 is 21.3 Å². The van der Waals surface area contributed by atoms with Crippen molar-refractivity contribution >= 4 is 5.97 Å². The minimum Gasteiger partial charge on any atom is -0.480 e. The second kappa shape index (κ2) is 5.06. The zero-order chi connectivity index (χ0) is 8.85. The summed E-state index contributed by atoms with van der Waals surface area (Å²) in [4.78, 5) is 10.2. The molecule has 0 radical (unpaired) electrons. The fourth-order valence-corrected chi connectivity index (χ4v) is 0.416. The molecule has 5 N–H and O–H groups in total. The first kappa shape index (κ1) is 10.3. The predicted molar refractivity (Wildman–Crippen MR) is 39.8 cm³/mol. The summed E-state index contributed by atoms with van der Waals surface area (Å²) in [5.41, 5.74) is 10.5. The van der Waals surface area contributed by atoms with Crippen LogP contribution >= 0.6 is 0 Å². The maximum atomic E-state index is 10.2. The lowest BCUT2D eigenvalue weighted by molar-refractivity contribution is -0.140. The van der Waals surface area contributed by atoms with E-state index in [0.29, 0.717) is 6.42 Å². The van der Waals surface area contributed by atoms with Gasteiger partial charge in [-0.1, -0.05) is 6.92 Å². The Labute approximate surface area is 65.3 Å². The van der Waals surface area contributed by atoms with Crippen LogP contribution in [0, 0.1) is 0 Å². The summed E-state index contributed by atoms with van der Waals surface area (Å²) < 4.78 is 4.89. The number of carbonyl (C=O) groups is 1. The van der Waals surface area contributed by atoms with E-state index in [2.05, 4.69) is 0 Å². The topological polar surface area (TPSA) is 98.6 Å². The zero-order valence-corrected chi connectivity index (χ0v) is 6.49. The van der Waals surface area contributed by atoms with Crippen molar-refractivity contribution in [1.82, 2.24) is 0 Å². The normalized spacial score (nSPS) is 15.9. The highest BCUT2D eigenvalue weighted by atomic mass is 16.5. The first-order chi connectivity index (χ1) is 5.07. The molecule has 0 rings (SSSR count).